The molecule has 0 atom stereocenters. The molecule has 0 radical (unpaired) electrons. The predicted molar refractivity (Wildman–Crippen MR) is 85.2 cm³/mol. The Kier molecular flexibility index (Phi) is 4.42. The van der Waals surface area contributed by atoms with E-state index in [1.54, 1.807) is 24.4 Å². The highest BCUT2D eigenvalue weighted by Gasteiger charge is 2.15. The van der Waals surface area contributed by atoms with E-state index in [4.69, 9.17) is 14.2 Å². The van der Waals surface area contributed by atoms with Gasteiger partial charge in [-0.1, -0.05) is 12.1 Å². The van der Waals surface area contributed by atoms with Crippen LogP contribution in [0.2, 0.25) is 0 Å². The summed E-state index contributed by atoms with van der Waals surface area (Å²) < 4.78 is 16.0. The number of para-hydroxylation sites is 1. The maximum atomic E-state index is 12.1. The lowest BCUT2D eigenvalue weighted by Gasteiger charge is -2.06. The number of hydrazone groups is 1. The summed E-state index contributed by atoms with van der Waals surface area (Å²) in [4.78, 5) is 12.1. The third-order valence-electron chi connectivity index (χ3n) is 3.22. The third kappa shape index (κ3) is 3.42. The molecule has 1 aliphatic heterocycles. The zero-order valence-corrected chi connectivity index (χ0v) is 12.6. The van der Waals surface area contributed by atoms with E-state index in [0.717, 1.165) is 11.3 Å². The molecule has 1 N–H and O–H groups in total. The highest BCUT2D eigenvalue weighted by Crippen LogP contribution is 2.32. The standard InChI is InChI=1S/C17H16N2O4/c1-2-21-14-6-4-3-5-13(14)10-18-19-17(20)12-7-8-15-16(9-12)23-11-22-15/h3-10H,2,11H2,1H3,(H,19,20)/b18-10-. The minimum Gasteiger partial charge on any atom is -0.493 e. The molecule has 0 spiro atoms. The lowest BCUT2D eigenvalue weighted by molar-refractivity contribution is 0.0954. The zero-order valence-electron chi connectivity index (χ0n) is 12.6. The maximum Gasteiger partial charge on any atom is 0.271 e. The number of fused-ring (bicyclic) bond motifs is 1. The first kappa shape index (κ1) is 14.9. The molecule has 2 aromatic rings. The maximum absolute atomic E-state index is 12.1. The molecule has 1 heterocycles. The van der Waals surface area contributed by atoms with Gasteiger partial charge in [-0.05, 0) is 37.3 Å². The van der Waals surface area contributed by atoms with Crippen molar-refractivity contribution in [3.63, 3.8) is 0 Å². The number of amides is 1. The average Bonchev–Trinajstić information content (AvgIpc) is 3.04. The Bertz CT molecular complexity index is 743. The fourth-order valence-corrected chi connectivity index (χ4v) is 2.14. The van der Waals surface area contributed by atoms with Gasteiger partial charge in [-0.25, -0.2) is 5.43 Å². The Morgan fingerprint density at radius 2 is 2.09 bits per heavy atom. The second-order valence-electron chi connectivity index (χ2n) is 4.74. The van der Waals surface area contributed by atoms with Crippen LogP contribution in [0.5, 0.6) is 17.2 Å². The van der Waals surface area contributed by atoms with Crippen LogP contribution in [0.15, 0.2) is 47.6 Å². The monoisotopic (exact) mass is 312 g/mol. The van der Waals surface area contributed by atoms with Gasteiger partial charge in [0.15, 0.2) is 11.5 Å². The average molecular weight is 312 g/mol. The number of benzene rings is 2. The number of hydrogen-bond donors (Lipinski definition) is 1. The van der Waals surface area contributed by atoms with Crippen LogP contribution in [-0.2, 0) is 0 Å². The first-order valence-corrected chi connectivity index (χ1v) is 7.23. The van der Waals surface area contributed by atoms with Gasteiger partial charge in [0.2, 0.25) is 6.79 Å². The molecule has 0 aromatic heterocycles. The van der Waals surface area contributed by atoms with Crippen molar-refractivity contribution in [3.8, 4) is 17.2 Å². The summed E-state index contributed by atoms with van der Waals surface area (Å²) in [6, 6.07) is 12.5. The molecule has 0 bridgehead atoms. The largest absolute Gasteiger partial charge is 0.493 e. The summed E-state index contributed by atoms with van der Waals surface area (Å²) in [6.07, 6.45) is 1.55. The Labute approximate surface area is 133 Å². The molecule has 0 aliphatic carbocycles. The summed E-state index contributed by atoms with van der Waals surface area (Å²) in [6.45, 7) is 2.65. The van der Waals surface area contributed by atoms with Gasteiger partial charge in [0.25, 0.3) is 5.91 Å². The van der Waals surface area contributed by atoms with E-state index < -0.39 is 0 Å². The van der Waals surface area contributed by atoms with Crippen molar-refractivity contribution in [1.82, 2.24) is 5.43 Å². The van der Waals surface area contributed by atoms with E-state index in [0.29, 0.717) is 23.7 Å². The normalized spacial score (nSPS) is 12.4. The number of rotatable bonds is 5. The van der Waals surface area contributed by atoms with Gasteiger partial charge in [-0.3, -0.25) is 4.79 Å². The van der Waals surface area contributed by atoms with E-state index in [9.17, 15) is 4.79 Å². The minimum atomic E-state index is -0.326. The molecule has 0 saturated heterocycles. The smallest absolute Gasteiger partial charge is 0.271 e. The van der Waals surface area contributed by atoms with Crippen LogP contribution in [0.4, 0.5) is 0 Å². The highest BCUT2D eigenvalue weighted by molar-refractivity contribution is 5.95. The van der Waals surface area contributed by atoms with Crippen LogP contribution in [0.3, 0.4) is 0 Å². The Morgan fingerprint density at radius 3 is 2.96 bits per heavy atom. The number of carbonyl (C=O) groups is 1. The fourth-order valence-electron chi connectivity index (χ4n) is 2.14. The summed E-state index contributed by atoms with van der Waals surface area (Å²) in [5.41, 5.74) is 3.73. The van der Waals surface area contributed by atoms with Crippen LogP contribution in [0.25, 0.3) is 0 Å². The zero-order chi connectivity index (χ0) is 16.1. The summed E-state index contributed by atoms with van der Waals surface area (Å²) in [5, 5.41) is 3.98. The van der Waals surface area contributed by atoms with Crippen LogP contribution in [0, 0.1) is 0 Å². The van der Waals surface area contributed by atoms with Gasteiger partial charge in [0.05, 0.1) is 12.8 Å². The van der Waals surface area contributed by atoms with Crippen molar-refractivity contribution in [2.75, 3.05) is 13.4 Å². The summed E-state index contributed by atoms with van der Waals surface area (Å²) >= 11 is 0. The quantitative estimate of drug-likeness (QED) is 0.680. The van der Waals surface area contributed by atoms with E-state index in [1.165, 1.54) is 0 Å². The lowest BCUT2D eigenvalue weighted by Crippen LogP contribution is -2.17. The lowest BCUT2D eigenvalue weighted by atomic mass is 10.2. The minimum absolute atomic E-state index is 0.173. The second kappa shape index (κ2) is 6.83. The van der Waals surface area contributed by atoms with Crippen LogP contribution in [-0.4, -0.2) is 25.5 Å². The van der Waals surface area contributed by atoms with Crippen LogP contribution < -0.4 is 19.6 Å². The topological polar surface area (TPSA) is 69.2 Å². The molecule has 2 aromatic carbocycles. The molecule has 6 heteroatoms. The first-order chi connectivity index (χ1) is 11.3. The molecule has 1 amide bonds. The number of nitrogens with zero attached hydrogens (tertiary/aromatic N) is 1. The van der Waals surface area contributed by atoms with Gasteiger partial charge in [-0.2, -0.15) is 5.10 Å². The highest BCUT2D eigenvalue weighted by atomic mass is 16.7. The SMILES string of the molecule is CCOc1ccccc1/C=N\NC(=O)c1ccc2c(c1)OCO2. The van der Waals surface area contributed by atoms with E-state index in [1.807, 2.05) is 31.2 Å². The van der Waals surface area contributed by atoms with Gasteiger partial charge in [-0.15, -0.1) is 0 Å². The number of hydrogen-bond acceptors (Lipinski definition) is 5. The predicted octanol–water partition coefficient (Wildman–Crippen LogP) is 2.58. The van der Waals surface area contributed by atoms with E-state index in [-0.39, 0.29) is 12.7 Å². The molecule has 118 valence electrons. The second-order valence-corrected chi connectivity index (χ2v) is 4.74. The van der Waals surface area contributed by atoms with E-state index in [2.05, 4.69) is 10.5 Å². The van der Waals surface area contributed by atoms with Crippen LogP contribution in [0.1, 0.15) is 22.8 Å². The van der Waals surface area contributed by atoms with Crippen molar-refractivity contribution >= 4 is 12.1 Å². The Balaban J connectivity index is 1.67. The Morgan fingerprint density at radius 1 is 1.26 bits per heavy atom. The van der Waals surface area contributed by atoms with Crippen molar-refractivity contribution in [1.29, 1.82) is 0 Å². The fraction of sp³-hybridized carbons (Fsp3) is 0.176. The van der Waals surface area contributed by atoms with Crippen molar-refractivity contribution in [2.45, 2.75) is 6.92 Å². The molecule has 3 rings (SSSR count). The number of ether oxygens (including phenoxy) is 3. The molecule has 0 fully saturated rings. The Hall–Kier alpha value is -3.02. The molecule has 1 aliphatic rings. The van der Waals surface area contributed by atoms with Gasteiger partial charge in [0, 0.05) is 11.1 Å². The summed E-state index contributed by atoms with van der Waals surface area (Å²) in [7, 11) is 0. The summed E-state index contributed by atoms with van der Waals surface area (Å²) in [5.74, 6) is 1.59. The number of carbonyl (C=O) groups excluding carboxylic acids is 1. The van der Waals surface area contributed by atoms with Crippen molar-refractivity contribution < 1.29 is 19.0 Å². The first-order valence-electron chi connectivity index (χ1n) is 7.23. The molecule has 0 unspecified atom stereocenters. The van der Waals surface area contributed by atoms with Crippen molar-refractivity contribution in [2.24, 2.45) is 5.10 Å². The van der Waals surface area contributed by atoms with E-state index >= 15 is 0 Å². The third-order valence-corrected chi connectivity index (χ3v) is 3.22. The van der Waals surface area contributed by atoms with Crippen LogP contribution >= 0.6 is 0 Å². The number of nitrogens with one attached hydrogen (secondary N) is 1. The molecule has 23 heavy (non-hydrogen) atoms. The van der Waals surface area contributed by atoms with Gasteiger partial charge < -0.3 is 14.2 Å². The van der Waals surface area contributed by atoms with Gasteiger partial charge >= 0.3 is 0 Å². The van der Waals surface area contributed by atoms with Gasteiger partial charge in [0.1, 0.15) is 5.75 Å². The molecular formula is C17H16N2O4. The molecule has 6 nitrogen and oxygen atoms in total. The van der Waals surface area contributed by atoms with Crippen molar-refractivity contribution in [3.05, 3.63) is 53.6 Å². The molecular weight excluding hydrogens is 296 g/mol. The molecule has 0 saturated carbocycles.